The third kappa shape index (κ3) is 3.21. The van der Waals surface area contributed by atoms with Gasteiger partial charge in [-0.25, -0.2) is 0 Å². The summed E-state index contributed by atoms with van der Waals surface area (Å²) in [5.41, 5.74) is 0.951. The zero-order valence-corrected chi connectivity index (χ0v) is 11.0. The molecule has 1 N–H and O–H groups in total. The second-order valence-electron chi connectivity index (χ2n) is 4.83. The highest BCUT2D eigenvalue weighted by molar-refractivity contribution is 6.30. The average molecular weight is 254 g/mol. The van der Waals surface area contributed by atoms with Crippen LogP contribution in [0.2, 0.25) is 5.02 Å². The Hall–Kier alpha value is -0.570. The van der Waals surface area contributed by atoms with Crippen LogP contribution in [0.4, 0.5) is 0 Å². The normalized spacial score (nSPS) is 21.1. The summed E-state index contributed by atoms with van der Waals surface area (Å²) in [6.45, 7) is 4.31. The van der Waals surface area contributed by atoms with E-state index in [9.17, 15) is 5.11 Å². The first-order valence-electron chi connectivity index (χ1n) is 6.36. The average Bonchev–Trinajstić information content (AvgIpc) is 2.39. The Morgan fingerprint density at radius 3 is 2.29 bits per heavy atom. The molecule has 0 aliphatic carbocycles. The molecule has 0 radical (unpaired) electrons. The lowest BCUT2D eigenvalue weighted by Gasteiger charge is -2.35. The molecule has 0 spiro atoms. The van der Waals surface area contributed by atoms with E-state index in [2.05, 4.69) is 11.8 Å². The van der Waals surface area contributed by atoms with E-state index in [1.165, 1.54) is 19.3 Å². The number of halogens is 1. The minimum absolute atomic E-state index is 0.177. The molecule has 17 heavy (non-hydrogen) atoms. The van der Waals surface area contributed by atoms with Gasteiger partial charge in [-0.3, -0.25) is 4.90 Å². The predicted octanol–water partition coefficient (Wildman–Crippen LogP) is 3.25. The molecule has 2 atom stereocenters. The van der Waals surface area contributed by atoms with Crippen LogP contribution in [0.15, 0.2) is 24.3 Å². The number of aliphatic hydroxyl groups excluding tert-OH is 1. The van der Waals surface area contributed by atoms with Gasteiger partial charge in [0.25, 0.3) is 0 Å². The molecule has 1 saturated heterocycles. The second-order valence-corrected chi connectivity index (χ2v) is 5.27. The second kappa shape index (κ2) is 5.85. The Morgan fingerprint density at radius 2 is 1.71 bits per heavy atom. The van der Waals surface area contributed by atoms with Crippen LogP contribution < -0.4 is 0 Å². The summed E-state index contributed by atoms with van der Waals surface area (Å²) in [7, 11) is 0. The third-order valence-corrected chi connectivity index (χ3v) is 3.89. The van der Waals surface area contributed by atoms with E-state index in [-0.39, 0.29) is 6.04 Å². The van der Waals surface area contributed by atoms with Crippen LogP contribution in [-0.2, 0) is 0 Å². The Kier molecular flexibility index (Phi) is 4.43. The van der Waals surface area contributed by atoms with Crippen molar-refractivity contribution in [3.8, 4) is 0 Å². The van der Waals surface area contributed by atoms with Crippen LogP contribution in [0.5, 0.6) is 0 Å². The van der Waals surface area contributed by atoms with E-state index in [0.717, 1.165) is 18.7 Å². The van der Waals surface area contributed by atoms with Crippen molar-refractivity contribution in [2.75, 3.05) is 13.1 Å². The maximum Gasteiger partial charge on any atom is 0.0942 e. The molecule has 0 amide bonds. The molecule has 0 saturated carbocycles. The SMILES string of the molecule is C[C@@H]([C@H](O)c1ccc(Cl)cc1)N1CCCCC1. The molecule has 1 aliphatic rings. The van der Waals surface area contributed by atoms with Gasteiger partial charge in [-0.1, -0.05) is 30.2 Å². The Bertz CT molecular complexity index is 346. The molecule has 1 aliphatic heterocycles. The highest BCUT2D eigenvalue weighted by atomic mass is 35.5. The van der Waals surface area contributed by atoms with Crippen LogP contribution in [0, 0.1) is 0 Å². The molecular formula is C14H20ClNO. The summed E-state index contributed by atoms with van der Waals surface area (Å²) in [6.07, 6.45) is 3.39. The minimum Gasteiger partial charge on any atom is -0.387 e. The largest absolute Gasteiger partial charge is 0.387 e. The highest BCUT2D eigenvalue weighted by Crippen LogP contribution is 2.24. The van der Waals surface area contributed by atoms with Gasteiger partial charge in [0, 0.05) is 11.1 Å². The van der Waals surface area contributed by atoms with Crippen molar-refractivity contribution in [2.45, 2.75) is 38.3 Å². The molecule has 3 heteroatoms. The van der Waals surface area contributed by atoms with Crippen molar-refractivity contribution in [3.63, 3.8) is 0 Å². The van der Waals surface area contributed by atoms with Gasteiger partial charge in [-0.2, -0.15) is 0 Å². The van der Waals surface area contributed by atoms with Crippen LogP contribution in [0.1, 0.15) is 37.9 Å². The summed E-state index contributed by atoms with van der Waals surface area (Å²) in [5, 5.41) is 11.1. The van der Waals surface area contributed by atoms with Gasteiger partial charge in [-0.05, 0) is 50.6 Å². The smallest absolute Gasteiger partial charge is 0.0942 e. The topological polar surface area (TPSA) is 23.5 Å². The fourth-order valence-electron chi connectivity index (χ4n) is 2.46. The Labute approximate surface area is 108 Å². The zero-order chi connectivity index (χ0) is 12.3. The van der Waals surface area contributed by atoms with Crippen LogP contribution in [0.3, 0.4) is 0 Å². The van der Waals surface area contributed by atoms with Crippen molar-refractivity contribution in [2.24, 2.45) is 0 Å². The maximum atomic E-state index is 10.3. The van der Waals surface area contributed by atoms with E-state index in [1.54, 1.807) is 0 Å². The van der Waals surface area contributed by atoms with E-state index in [1.807, 2.05) is 24.3 Å². The summed E-state index contributed by atoms with van der Waals surface area (Å²) < 4.78 is 0. The zero-order valence-electron chi connectivity index (χ0n) is 10.3. The maximum absolute atomic E-state index is 10.3. The molecule has 0 aromatic heterocycles. The fourth-order valence-corrected chi connectivity index (χ4v) is 2.59. The minimum atomic E-state index is -0.426. The molecule has 0 bridgehead atoms. The van der Waals surface area contributed by atoms with Gasteiger partial charge < -0.3 is 5.11 Å². The van der Waals surface area contributed by atoms with E-state index < -0.39 is 6.10 Å². The number of hydrogen-bond acceptors (Lipinski definition) is 2. The van der Waals surface area contributed by atoms with Crippen molar-refractivity contribution in [1.82, 2.24) is 4.90 Å². The summed E-state index contributed by atoms with van der Waals surface area (Å²) in [4.78, 5) is 2.38. The standard InChI is InChI=1S/C14H20ClNO/c1-11(16-9-3-2-4-10-16)14(17)12-5-7-13(15)8-6-12/h5-8,11,14,17H,2-4,9-10H2,1H3/t11-,14-/m0/s1. The number of piperidine rings is 1. The summed E-state index contributed by atoms with van der Waals surface area (Å²) in [5.74, 6) is 0. The summed E-state index contributed by atoms with van der Waals surface area (Å²) >= 11 is 5.85. The number of benzene rings is 1. The lowest BCUT2D eigenvalue weighted by molar-refractivity contribution is 0.0471. The fraction of sp³-hybridized carbons (Fsp3) is 0.571. The Balaban J connectivity index is 2.02. The number of hydrogen-bond donors (Lipinski definition) is 1. The van der Waals surface area contributed by atoms with Gasteiger partial charge in [0.05, 0.1) is 6.10 Å². The first-order valence-corrected chi connectivity index (χ1v) is 6.74. The Morgan fingerprint density at radius 1 is 1.12 bits per heavy atom. The van der Waals surface area contributed by atoms with Gasteiger partial charge in [0.2, 0.25) is 0 Å². The monoisotopic (exact) mass is 253 g/mol. The molecule has 0 unspecified atom stereocenters. The van der Waals surface area contributed by atoms with Gasteiger partial charge in [0.15, 0.2) is 0 Å². The van der Waals surface area contributed by atoms with Crippen molar-refractivity contribution in [1.29, 1.82) is 0 Å². The lowest BCUT2D eigenvalue weighted by atomic mass is 10.00. The summed E-state index contributed by atoms with van der Waals surface area (Å²) in [6, 6.07) is 7.67. The molecule has 1 heterocycles. The molecule has 1 aromatic rings. The van der Waals surface area contributed by atoms with E-state index in [0.29, 0.717) is 5.02 Å². The lowest BCUT2D eigenvalue weighted by Crippen LogP contribution is -2.40. The van der Waals surface area contributed by atoms with Crippen LogP contribution >= 0.6 is 11.6 Å². The quantitative estimate of drug-likeness (QED) is 0.894. The molecule has 2 nitrogen and oxygen atoms in total. The van der Waals surface area contributed by atoms with Crippen LogP contribution in [0.25, 0.3) is 0 Å². The van der Waals surface area contributed by atoms with Gasteiger partial charge in [0.1, 0.15) is 0 Å². The molecule has 1 fully saturated rings. The number of likely N-dealkylation sites (tertiary alicyclic amines) is 1. The first-order chi connectivity index (χ1) is 8.18. The van der Waals surface area contributed by atoms with E-state index in [4.69, 9.17) is 11.6 Å². The third-order valence-electron chi connectivity index (χ3n) is 3.64. The number of rotatable bonds is 3. The molecular weight excluding hydrogens is 234 g/mol. The number of nitrogens with zero attached hydrogens (tertiary/aromatic N) is 1. The predicted molar refractivity (Wildman–Crippen MR) is 71.3 cm³/mol. The van der Waals surface area contributed by atoms with Gasteiger partial charge in [-0.15, -0.1) is 0 Å². The van der Waals surface area contributed by atoms with Crippen molar-refractivity contribution in [3.05, 3.63) is 34.9 Å². The molecule has 2 rings (SSSR count). The van der Waals surface area contributed by atoms with Crippen LogP contribution in [-0.4, -0.2) is 29.1 Å². The first kappa shape index (κ1) is 12.9. The molecule has 94 valence electrons. The van der Waals surface area contributed by atoms with Crippen molar-refractivity contribution < 1.29 is 5.11 Å². The molecule has 1 aromatic carbocycles. The van der Waals surface area contributed by atoms with E-state index >= 15 is 0 Å². The number of aliphatic hydroxyl groups is 1. The highest BCUT2D eigenvalue weighted by Gasteiger charge is 2.24. The van der Waals surface area contributed by atoms with Crippen molar-refractivity contribution >= 4 is 11.6 Å². The van der Waals surface area contributed by atoms with Gasteiger partial charge >= 0.3 is 0 Å².